The van der Waals surface area contributed by atoms with Crippen molar-refractivity contribution in [3.05, 3.63) is 64.7 Å². The highest BCUT2D eigenvalue weighted by Gasteiger charge is 2.13. The monoisotopic (exact) mass is 370 g/mol. The number of Topliss-reactive ketones (excluding diaryl/α,β-unsaturated/α-hetero) is 1. The average molecular weight is 371 g/mol. The van der Waals surface area contributed by atoms with E-state index in [1.54, 1.807) is 48.5 Å². The first kappa shape index (κ1) is 19.2. The highest BCUT2D eigenvalue weighted by atomic mass is 35.5. The van der Waals surface area contributed by atoms with E-state index in [-0.39, 0.29) is 18.6 Å². The Kier molecular flexibility index (Phi) is 6.89. The van der Waals surface area contributed by atoms with Gasteiger partial charge in [-0.3, -0.25) is 14.4 Å². The van der Waals surface area contributed by atoms with E-state index in [0.717, 1.165) is 0 Å². The molecule has 2 aromatic rings. The standard InChI is InChI=1S/C19H15ClN2O4/c20-15-7-5-13(6-8-15)17(23)9-10-19(25)26-12-18(24)22-16-4-2-1-3-14(16)11-21/h1-8H,9-10,12H2,(H,22,24). The van der Waals surface area contributed by atoms with Crippen molar-refractivity contribution < 1.29 is 19.1 Å². The molecule has 0 fully saturated rings. The van der Waals surface area contributed by atoms with Gasteiger partial charge in [0.05, 0.1) is 17.7 Å². The fourth-order valence-electron chi connectivity index (χ4n) is 2.09. The summed E-state index contributed by atoms with van der Waals surface area (Å²) < 4.78 is 4.85. The maximum Gasteiger partial charge on any atom is 0.306 e. The number of anilines is 1. The van der Waals surface area contributed by atoms with Crippen LogP contribution in [0.5, 0.6) is 0 Å². The lowest BCUT2D eigenvalue weighted by Crippen LogP contribution is -2.21. The van der Waals surface area contributed by atoms with Gasteiger partial charge in [0.1, 0.15) is 6.07 Å². The molecule has 0 aliphatic heterocycles. The molecular formula is C19H15ClN2O4. The molecule has 2 rings (SSSR count). The number of ether oxygens (including phenoxy) is 1. The Balaban J connectivity index is 1.76. The first-order valence-electron chi connectivity index (χ1n) is 7.73. The second-order valence-corrected chi connectivity index (χ2v) is 5.73. The van der Waals surface area contributed by atoms with Crippen molar-refractivity contribution in [2.75, 3.05) is 11.9 Å². The van der Waals surface area contributed by atoms with Gasteiger partial charge in [-0.1, -0.05) is 23.7 Å². The number of nitrogens with one attached hydrogen (secondary N) is 1. The number of para-hydroxylation sites is 1. The largest absolute Gasteiger partial charge is 0.456 e. The molecule has 0 spiro atoms. The lowest BCUT2D eigenvalue weighted by molar-refractivity contribution is -0.147. The summed E-state index contributed by atoms with van der Waals surface area (Å²) in [5.41, 5.74) is 1.10. The van der Waals surface area contributed by atoms with E-state index in [1.165, 1.54) is 0 Å². The first-order chi connectivity index (χ1) is 12.5. The van der Waals surface area contributed by atoms with E-state index in [0.29, 0.717) is 21.8 Å². The van der Waals surface area contributed by atoms with E-state index in [2.05, 4.69) is 5.32 Å². The van der Waals surface area contributed by atoms with Gasteiger partial charge >= 0.3 is 5.97 Å². The fourth-order valence-corrected chi connectivity index (χ4v) is 2.22. The van der Waals surface area contributed by atoms with Crippen LogP contribution in [0.15, 0.2) is 48.5 Å². The maximum absolute atomic E-state index is 11.9. The Hall–Kier alpha value is -3.17. The molecule has 0 aromatic heterocycles. The molecule has 1 amide bonds. The first-order valence-corrected chi connectivity index (χ1v) is 8.11. The van der Waals surface area contributed by atoms with Crippen molar-refractivity contribution in [2.45, 2.75) is 12.8 Å². The summed E-state index contributed by atoms with van der Waals surface area (Å²) in [7, 11) is 0. The molecule has 1 N–H and O–H groups in total. The third kappa shape index (κ3) is 5.72. The van der Waals surface area contributed by atoms with Crippen molar-refractivity contribution >= 4 is 34.9 Å². The maximum atomic E-state index is 11.9. The normalized spacial score (nSPS) is 9.85. The smallest absolute Gasteiger partial charge is 0.306 e. The van der Waals surface area contributed by atoms with Gasteiger partial charge in [-0.2, -0.15) is 5.26 Å². The van der Waals surface area contributed by atoms with Crippen LogP contribution in [0, 0.1) is 11.3 Å². The van der Waals surface area contributed by atoms with Gasteiger partial charge in [0.2, 0.25) is 0 Å². The summed E-state index contributed by atoms with van der Waals surface area (Å²) >= 11 is 5.75. The zero-order valence-electron chi connectivity index (χ0n) is 13.7. The van der Waals surface area contributed by atoms with Gasteiger partial charge in [-0.05, 0) is 36.4 Å². The number of benzene rings is 2. The molecule has 132 valence electrons. The molecule has 0 aliphatic rings. The summed E-state index contributed by atoms with van der Waals surface area (Å²) in [6.07, 6.45) is -0.164. The molecule has 26 heavy (non-hydrogen) atoms. The zero-order valence-corrected chi connectivity index (χ0v) is 14.5. The van der Waals surface area contributed by atoms with E-state index in [9.17, 15) is 14.4 Å². The van der Waals surface area contributed by atoms with E-state index < -0.39 is 18.5 Å². The Bertz CT molecular complexity index is 857. The minimum atomic E-state index is -0.656. The van der Waals surface area contributed by atoms with Crippen LogP contribution in [-0.4, -0.2) is 24.3 Å². The number of amides is 1. The molecule has 6 nitrogen and oxygen atoms in total. The highest BCUT2D eigenvalue weighted by molar-refractivity contribution is 6.30. The predicted octanol–water partition coefficient (Wildman–Crippen LogP) is 3.36. The number of ketones is 1. The second kappa shape index (κ2) is 9.35. The van der Waals surface area contributed by atoms with Crippen LogP contribution in [-0.2, 0) is 14.3 Å². The van der Waals surface area contributed by atoms with Gasteiger partial charge in [0, 0.05) is 17.0 Å². The van der Waals surface area contributed by atoms with Crippen LogP contribution in [0.3, 0.4) is 0 Å². The van der Waals surface area contributed by atoms with Crippen molar-refractivity contribution in [3.63, 3.8) is 0 Å². The van der Waals surface area contributed by atoms with Crippen LogP contribution in [0.25, 0.3) is 0 Å². The number of esters is 1. The SMILES string of the molecule is N#Cc1ccccc1NC(=O)COC(=O)CCC(=O)c1ccc(Cl)cc1. The number of halogens is 1. The molecule has 0 bridgehead atoms. The van der Waals surface area contributed by atoms with E-state index in [4.69, 9.17) is 21.6 Å². The molecule has 0 heterocycles. The third-order valence-electron chi connectivity index (χ3n) is 3.41. The lowest BCUT2D eigenvalue weighted by Gasteiger charge is -2.07. The minimum Gasteiger partial charge on any atom is -0.456 e. The molecule has 0 aliphatic carbocycles. The zero-order chi connectivity index (χ0) is 18.9. The van der Waals surface area contributed by atoms with Gasteiger partial charge in [-0.15, -0.1) is 0 Å². The predicted molar refractivity (Wildman–Crippen MR) is 95.8 cm³/mol. The van der Waals surface area contributed by atoms with Crippen molar-refractivity contribution in [3.8, 4) is 6.07 Å². The van der Waals surface area contributed by atoms with Crippen LogP contribution in [0.4, 0.5) is 5.69 Å². The van der Waals surface area contributed by atoms with E-state index in [1.807, 2.05) is 6.07 Å². The Labute approximate surface area is 155 Å². The number of carbonyl (C=O) groups excluding carboxylic acids is 3. The highest BCUT2D eigenvalue weighted by Crippen LogP contribution is 2.14. The summed E-state index contributed by atoms with van der Waals surface area (Å²) in [6, 6.07) is 14.8. The molecule has 0 saturated heterocycles. The summed E-state index contributed by atoms with van der Waals surface area (Å²) in [5, 5.41) is 12.0. The number of nitriles is 1. The number of hydrogen-bond acceptors (Lipinski definition) is 5. The van der Waals surface area contributed by atoms with Crippen LogP contribution in [0.2, 0.25) is 5.02 Å². The van der Waals surface area contributed by atoms with E-state index >= 15 is 0 Å². The summed E-state index contributed by atoms with van der Waals surface area (Å²) in [5.74, 6) is -1.44. The Morgan fingerprint density at radius 3 is 2.42 bits per heavy atom. The minimum absolute atomic E-state index is 0.0284. The van der Waals surface area contributed by atoms with Crippen molar-refractivity contribution in [1.29, 1.82) is 5.26 Å². The van der Waals surface area contributed by atoms with Gasteiger partial charge in [0.25, 0.3) is 5.91 Å². The number of carbonyl (C=O) groups is 3. The van der Waals surface area contributed by atoms with Crippen molar-refractivity contribution in [2.24, 2.45) is 0 Å². The molecule has 0 radical (unpaired) electrons. The third-order valence-corrected chi connectivity index (χ3v) is 3.66. The number of rotatable bonds is 7. The van der Waals surface area contributed by atoms with Crippen molar-refractivity contribution in [1.82, 2.24) is 0 Å². The Morgan fingerprint density at radius 1 is 1.04 bits per heavy atom. The van der Waals surface area contributed by atoms with Crippen LogP contribution < -0.4 is 5.32 Å². The number of hydrogen-bond donors (Lipinski definition) is 1. The number of nitrogens with zero attached hydrogens (tertiary/aromatic N) is 1. The average Bonchev–Trinajstić information content (AvgIpc) is 2.65. The Morgan fingerprint density at radius 2 is 1.73 bits per heavy atom. The van der Waals surface area contributed by atoms with Crippen LogP contribution in [0.1, 0.15) is 28.8 Å². The second-order valence-electron chi connectivity index (χ2n) is 5.30. The topological polar surface area (TPSA) is 96.3 Å². The van der Waals surface area contributed by atoms with Gasteiger partial charge in [0.15, 0.2) is 12.4 Å². The quantitative estimate of drug-likeness (QED) is 0.595. The lowest BCUT2D eigenvalue weighted by atomic mass is 10.1. The molecule has 2 aromatic carbocycles. The summed E-state index contributed by atoms with van der Waals surface area (Å²) in [4.78, 5) is 35.4. The summed E-state index contributed by atoms with van der Waals surface area (Å²) in [6.45, 7) is -0.492. The molecular weight excluding hydrogens is 356 g/mol. The molecule has 0 unspecified atom stereocenters. The van der Waals surface area contributed by atoms with Gasteiger partial charge in [-0.25, -0.2) is 0 Å². The molecule has 7 heteroatoms. The molecule has 0 atom stereocenters. The van der Waals surface area contributed by atoms with Crippen LogP contribution >= 0.6 is 11.6 Å². The fraction of sp³-hybridized carbons (Fsp3) is 0.158. The molecule has 0 saturated carbocycles. The van der Waals surface area contributed by atoms with Gasteiger partial charge < -0.3 is 10.1 Å².